The Kier molecular flexibility index (Phi) is 5.20. The molecule has 0 atom stereocenters. The average Bonchev–Trinajstić information content (AvgIpc) is 3.05. The molecule has 0 N–H and O–H groups in total. The molecule has 6 heteroatoms. The van der Waals surface area contributed by atoms with E-state index in [9.17, 15) is 8.78 Å². The van der Waals surface area contributed by atoms with Gasteiger partial charge in [-0.3, -0.25) is 4.68 Å². The maximum absolute atomic E-state index is 14.2. The van der Waals surface area contributed by atoms with E-state index in [0.29, 0.717) is 11.7 Å². The Bertz CT molecular complexity index is 977. The number of rotatable bonds is 5. The Labute approximate surface area is 163 Å². The minimum Gasteiger partial charge on any atom is -0.452 e. The van der Waals surface area contributed by atoms with Gasteiger partial charge in [-0.25, -0.2) is 8.78 Å². The van der Waals surface area contributed by atoms with Crippen LogP contribution < -0.4 is 9.64 Å². The number of nitrogens with zero attached hydrogens (tertiary/aromatic N) is 3. The molecule has 1 fully saturated rings. The smallest absolute Gasteiger partial charge is 0.168 e. The maximum atomic E-state index is 14.2. The first kappa shape index (κ1) is 18.7. The lowest BCUT2D eigenvalue weighted by Crippen LogP contribution is -2.29. The van der Waals surface area contributed by atoms with Crippen molar-refractivity contribution in [2.45, 2.75) is 39.7 Å². The van der Waals surface area contributed by atoms with Crippen molar-refractivity contribution in [1.29, 1.82) is 0 Å². The standard InChI is InChI=1S/C22H25F2N3O/c1-15(2)14-27-19-12-20(26-8-4-3-5-9-26)22(10-16(19)13-25-27)28-21-7-6-17(23)11-18(21)24/h6-7,10-13,15H,3-5,8-9,14H2,1-2H3. The highest BCUT2D eigenvalue weighted by atomic mass is 19.1. The molecule has 1 aliphatic heterocycles. The van der Waals surface area contributed by atoms with Crippen LogP contribution in [0.25, 0.3) is 10.9 Å². The third kappa shape index (κ3) is 3.81. The summed E-state index contributed by atoms with van der Waals surface area (Å²) in [4.78, 5) is 2.28. The van der Waals surface area contributed by atoms with Gasteiger partial charge in [0, 0.05) is 31.1 Å². The normalized spacial score (nSPS) is 14.8. The van der Waals surface area contributed by atoms with Crippen molar-refractivity contribution in [3.8, 4) is 11.5 Å². The first-order valence-electron chi connectivity index (χ1n) is 9.88. The van der Waals surface area contributed by atoms with Gasteiger partial charge in [0.1, 0.15) is 5.82 Å². The molecule has 28 heavy (non-hydrogen) atoms. The fourth-order valence-electron chi connectivity index (χ4n) is 3.73. The zero-order valence-corrected chi connectivity index (χ0v) is 16.3. The zero-order valence-electron chi connectivity index (χ0n) is 16.3. The molecule has 1 aromatic heterocycles. The van der Waals surface area contributed by atoms with E-state index in [4.69, 9.17) is 4.74 Å². The van der Waals surface area contributed by atoms with Crippen LogP contribution in [0.2, 0.25) is 0 Å². The first-order chi connectivity index (χ1) is 13.5. The second-order valence-corrected chi connectivity index (χ2v) is 7.82. The number of fused-ring (bicyclic) bond motifs is 1. The molecular weight excluding hydrogens is 360 g/mol. The number of hydrogen-bond acceptors (Lipinski definition) is 3. The number of hydrogen-bond donors (Lipinski definition) is 0. The van der Waals surface area contributed by atoms with Gasteiger partial charge in [0.05, 0.1) is 17.4 Å². The second-order valence-electron chi connectivity index (χ2n) is 7.82. The zero-order chi connectivity index (χ0) is 19.7. The summed E-state index contributed by atoms with van der Waals surface area (Å²) in [5.41, 5.74) is 1.97. The van der Waals surface area contributed by atoms with Gasteiger partial charge < -0.3 is 9.64 Å². The van der Waals surface area contributed by atoms with Gasteiger partial charge in [-0.05, 0) is 49.4 Å². The van der Waals surface area contributed by atoms with Crippen LogP contribution in [0.4, 0.5) is 14.5 Å². The summed E-state index contributed by atoms with van der Waals surface area (Å²) in [5.74, 6) is -0.255. The second kappa shape index (κ2) is 7.78. The summed E-state index contributed by atoms with van der Waals surface area (Å²) in [6.45, 7) is 7.02. The molecule has 0 aliphatic carbocycles. The third-order valence-electron chi connectivity index (χ3n) is 5.07. The topological polar surface area (TPSA) is 30.3 Å². The molecule has 1 aliphatic rings. The summed E-state index contributed by atoms with van der Waals surface area (Å²) in [5, 5.41) is 5.46. The van der Waals surface area contributed by atoms with E-state index in [1.54, 1.807) is 0 Å². The molecule has 0 spiro atoms. The maximum Gasteiger partial charge on any atom is 0.168 e. The van der Waals surface area contributed by atoms with Gasteiger partial charge in [-0.1, -0.05) is 13.8 Å². The van der Waals surface area contributed by atoms with Crippen LogP contribution in [0.15, 0.2) is 36.5 Å². The van der Waals surface area contributed by atoms with Gasteiger partial charge in [0.2, 0.25) is 0 Å². The molecule has 0 bridgehead atoms. The molecule has 2 aromatic carbocycles. The summed E-state index contributed by atoms with van der Waals surface area (Å²) in [6.07, 6.45) is 5.26. The number of ether oxygens (including phenoxy) is 1. The molecule has 0 amide bonds. The van der Waals surface area contributed by atoms with Crippen LogP contribution >= 0.6 is 0 Å². The molecule has 1 saturated heterocycles. The SMILES string of the molecule is CC(C)Cn1ncc2cc(Oc3ccc(F)cc3F)c(N3CCCCC3)cc21. The van der Waals surface area contributed by atoms with Crippen LogP contribution in [-0.4, -0.2) is 22.9 Å². The van der Waals surface area contributed by atoms with E-state index in [1.165, 1.54) is 18.6 Å². The molecule has 0 saturated carbocycles. The van der Waals surface area contributed by atoms with Gasteiger partial charge in [0.25, 0.3) is 0 Å². The van der Waals surface area contributed by atoms with E-state index in [1.807, 2.05) is 16.9 Å². The van der Waals surface area contributed by atoms with E-state index in [2.05, 4.69) is 29.9 Å². The van der Waals surface area contributed by atoms with Crippen LogP contribution in [0.5, 0.6) is 11.5 Å². The summed E-state index contributed by atoms with van der Waals surface area (Å²) in [6, 6.07) is 7.38. The number of benzene rings is 2. The lowest BCUT2D eigenvalue weighted by atomic mass is 10.1. The van der Waals surface area contributed by atoms with Gasteiger partial charge in [0.15, 0.2) is 17.3 Å². The van der Waals surface area contributed by atoms with Crippen molar-refractivity contribution in [3.05, 3.63) is 48.2 Å². The van der Waals surface area contributed by atoms with Gasteiger partial charge in [-0.2, -0.15) is 5.10 Å². The minimum absolute atomic E-state index is 0.0218. The van der Waals surface area contributed by atoms with Gasteiger partial charge >= 0.3 is 0 Å². The Morgan fingerprint density at radius 2 is 1.82 bits per heavy atom. The Morgan fingerprint density at radius 1 is 1.04 bits per heavy atom. The molecule has 2 heterocycles. The molecule has 0 unspecified atom stereocenters. The largest absolute Gasteiger partial charge is 0.452 e. The first-order valence-corrected chi connectivity index (χ1v) is 9.88. The van der Waals surface area contributed by atoms with Crippen molar-refractivity contribution in [2.24, 2.45) is 5.92 Å². The molecule has 3 aromatic rings. The average molecular weight is 385 g/mol. The molecule has 148 valence electrons. The van der Waals surface area contributed by atoms with Crippen LogP contribution in [0.1, 0.15) is 33.1 Å². The van der Waals surface area contributed by atoms with E-state index in [-0.39, 0.29) is 5.75 Å². The highest BCUT2D eigenvalue weighted by Crippen LogP contribution is 2.38. The van der Waals surface area contributed by atoms with Crippen LogP contribution in [-0.2, 0) is 6.54 Å². The highest BCUT2D eigenvalue weighted by Gasteiger charge is 2.20. The van der Waals surface area contributed by atoms with Crippen molar-refractivity contribution >= 4 is 16.6 Å². The number of anilines is 1. The quantitative estimate of drug-likeness (QED) is 0.560. The van der Waals surface area contributed by atoms with Crippen molar-refractivity contribution in [3.63, 3.8) is 0 Å². The fraction of sp³-hybridized carbons (Fsp3) is 0.409. The Morgan fingerprint density at radius 3 is 2.54 bits per heavy atom. The number of aromatic nitrogens is 2. The predicted molar refractivity (Wildman–Crippen MR) is 107 cm³/mol. The number of piperidine rings is 1. The fourth-order valence-corrected chi connectivity index (χ4v) is 3.73. The third-order valence-corrected chi connectivity index (χ3v) is 5.07. The van der Waals surface area contributed by atoms with E-state index in [0.717, 1.165) is 55.1 Å². The molecule has 0 radical (unpaired) electrons. The summed E-state index contributed by atoms with van der Waals surface area (Å²) in [7, 11) is 0. The molecule has 4 nitrogen and oxygen atoms in total. The van der Waals surface area contributed by atoms with E-state index >= 15 is 0 Å². The van der Waals surface area contributed by atoms with Crippen molar-refractivity contribution in [2.75, 3.05) is 18.0 Å². The molecule has 4 rings (SSSR count). The predicted octanol–water partition coefficient (Wildman–Crippen LogP) is 5.75. The summed E-state index contributed by atoms with van der Waals surface area (Å²) < 4.78 is 35.4. The van der Waals surface area contributed by atoms with Crippen LogP contribution in [0, 0.1) is 17.6 Å². The van der Waals surface area contributed by atoms with E-state index < -0.39 is 11.6 Å². The van der Waals surface area contributed by atoms with Crippen LogP contribution in [0.3, 0.4) is 0 Å². The van der Waals surface area contributed by atoms with Crippen molar-refractivity contribution in [1.82, 2.24) is 9.78 Å². The highest BCUT2D eigenvalue weighted by molar-refractivity contribution is 5.86. The van der Waals surface area contributed by atoms with Gasteiger partial charge in [-0.15, -0.1) is 0 Å². The Balaban J connectivity index is 1.78. The monoisotopic (exact) mass is 385 g/mol. The lowest BCUT2D eigenvalue weighted by Gasteiger charge is -2.30. The van der Waals surface area contributed by atoms with Crippen molar-refractivity contribution < 1.29 is 13.5 Å². The lowest BCUT2D eigenvalue weighted by molar-refractivity contribution is 0.436. The molecular formula is C22H25F2N3O. The Hall–Kier alpha value is -2.63. The summed E-state index contributed by atoms with van der Waals surface area (Å²) >= 11 is 0. The minimum atomic E-state index is -0.708. The number of halogens is 2.